The Hall–Kier alpha value is -0.420. The van der Waals surface area contributed by atoms with Gasteiger partial charge < -0.3 is 5.11 Å². The van der Waals surface area contributed by atoms with E-state index in [2.05, 4.69) is 15.9 Å². The van der Waals surface area contributed by atoms with Crippen LogP contribution in [0.5, 0.6) is 0 Å². The normalized spacial score (nSPS) is 12.8. The first-order valence-corrected chi connectivity index (χ1v) is 6.45. The van der Waals surface area contributed by atoms with Gasteiger partial charge in [0.2, 0.25) is 0 Å². The van der Waals surface area contributed by atoms with Gasteiger partial charge >= 0.3 is 0 Å². The van der Waals surface area contributed by atoms with Crippen molar-refractivity contribution in [1.82, 2.24) is 0 Å². The molecule has 1 aromatic carbocycles. The molecule has 0 aliphatic heterocycles. The van der Waals surface area contributed by atoms with Crippen LogP contribution in [0, 0.1) is 5.82 Å². The van der Waals surface area contributed by atoms with E-state index in [0.29, 0.717) is 9.90 Å². The van der Waals surface area contributed by atoms with Crippen LogP contribution in [0.15, 0.2) is 34.1 Å². The summed E-state index contributed by atoms with van der Waals surface area (Å²) in [5, 5.41) is 10.5. The van der Waals surface area contributed by atoms with Crippen LogP contribution in [-0.2, 0) is 0 Å². The molecule has 0 amide bonds. The summed E-state index contributed by atoms with van der Waals surface area (Å²) in [4.78, 5) is 0.613. The van der Waals surface area contributed by atoms with Gasteiger partial charge in [-0.2, -0.15) is 0 Å². The molecule has 0 aliphatic rings. The Morgan fingerprint density at radius 3 is 2.62 bits per heavy atom. The number of aliphatic hydroxyl groups is 1. The molecule has 1 unspecified atom stereocenters. The first-order chi connectivity index (χ1) is 7.59. The van der Waals surface area contributed by atoms with Crippen LogP contribution in [0.3, 0.4) is 0 Å². The van der Waals surface area contributed by atoms with Crippen LogP contribution in [0.4, 0.5) is 4.39 Å². The molecule has 0 radical (unpaired) electrons. The molecule has 0 saturated carbocycles. The van der Waals surface area contributed by atoms with Crippen LogP contribution in [0.25, 0.3) is 0 Å². The lowest BCUT2D eigenvalue weighted by molar-refractivity contribution is 0.219. The number of hydrogen-bond donors (Lipinski definition) is 1. The van der Waals surface area contributed by atoms with Crippen LogP contribution in [0.1, 0.15) is 16.5 Å². The van der Waals surface area contributed by atoms with Crippen molar-refractivity contribution in [2.24, 2.45) is 0 Å². The van der Waals surface area contributed by atoms with Gasteiger partial charge in [0.1, 0.15) is 11.9 Å². The smallest absolute Gasteiger partial charge is 0.129 e. The summed E-state index contributed by atoms with van der Waals surface area (Å²) in [6.07, 6.45) is -0.977. The fourth-order valence-corrected chi connectivity index (χ4v) is 3.10. The Labute approximate surface area is 110 Å². The van der Waals surface area contributed by atoms with Crippen LogP contribution >= 0.6 is 38.9 Å². The maximum Gasteiger partial charge on any atom is 0.129 e. The second-order valence-corrected chi connectivity index (χ2v) is 6.00. The fraction of sp³-hybridized carbons (Fsp3) is 0.0909. The quantitative estimate of drug-likeness (QED) is 0.870. The lowest BCUT2D eigenvalue weighted by atomic mass is 10.1. The van der Waals surface area contributed by atoms with Gasteiger partial charge in [-0.05, 0) is 28.1 Å². The van der Waals surface area contributed by atoms with E-state index in [1.807, 2.05) is 0 Å². The molecular weight excluding hydrogens is 315 g/mol. The van der Waals surface area contributed by atoms with Crippen molar-refractivity contribution in [1.29, 1.82) is 0 Å². The molecule has 1 N–H and O–H groups in total. The highest BCUT2D eigenvalue weighted by molar-refractivity contribution is 9.11. The van der Waals surface area contributed by atoms with Crippen LogP contribution in [-0.4, -0.2) is 5.11 Å². The molecule has 0 bridgehead atoms. The largest absolute Gasteiger partial charge is 0.383 e. The van der Waals surface area contributed by atoms with E-state index in [-0.39, 0.29) is 5.56 Å². The molecule has 1 atom stereocenters. The van der Waals surface area contributed by atoms with Crippen molar-refractivity contribution in [3.8, 4) is 0 Å². The molecule has 0 spiro atoms. The number of benzene rings is 1. The van der Waals surface area contributed by atoms with Crippen molar-refractivity contribution in [3.63, 3.8) is 0 Å². The first kappa shape index (κ1) is 12.0. The minimum absolute atomic E-state index is 0.257. The predicted molar refractivity (Wildman–Crippen MR) is 67.5 cm³/mol. The van der Waals surface area contributed by atoms with Gasteiger partial charge in [0.15, 0.2) is 0 Å². The van der Waals surface area contributed by atoms with Crippen molar-refractivity contribution in [3.05, 3.63) is 55.4 Å². The standard InChI is InChI=1S/C11H7BrClFOS/c12-11-7(13)5-9(16-11)10(15)6-3-1-2-4-8(6)14/h1-5,10,15H. The minimum atomic E-state index is -0.977. The lowest BCUT2D eigenvalue weighted by Crippen LogP contribution is -1.99. The topological polar surface area (TPSA) is 20.2 Å². The summed E-state index contributed by atoms with van der Waals surface area (Å²) < 4.78 is 14.2. The second-order valence-electron chi connectivity index (χ2n) is 3.19. The van der Waals surface area contributed by atoms with E-state index in [0.717, 1.165) is 3.79 Å². The van der Waals surface area contributed by atoms with E-state index < -0.39 is 11.9 Å². The maximum atomic E-state index is 13.4. The monoisotopic (exact) mass is 320 g/mol. The second kappa shape index (κ2) is 4.84. The maximum absolute atomic E-state index is 13.4. The Morgan fingerprint density at radius 2 is 2.06 bits per heavy atom. The van der Waals surface area contributed by atoms with Crippen molar-refractivity contribution in [2.45, 2.75) is 6.10 Å². The highest BCUT2D eigenvalue weighted by Gasteiger charge is 2.17. The Balaban J connectivity index is 2.39. The van der Waals surface area contributed by atoms with Gasteiger partial charge in [0.05, 0.1) is 8.81 Å². The molecule has 84 valence electrons. The zero-order valence-electron chi connectivity index (χ0n) is 7.95. The highest BCUT2D eigenvalue weighted by Crippen LogP contribution is 2.37. The highest BCUT2D eigenvalue weighted by atomic mass is 79.9. The molecule has 0 saturated heterocycles. The van der Waals surface area contributed by atoms with Crippen molar-refractivity contribution in [2.75, 3.05) is 0 Å². The Kier molecular flexibility index (Phi) is 3.64. The number of halogens is 3. The van der Waals surface area contributed by atoms with Gasteiger partial charge in [0, 0.05) is 10.4 Å². The van der Waals surface area contributed by atoms with Crippen LogP contribution < -0.4 is 0 Å². The molecule has 2 aromatic rings. The zero-order valence-corrected chi connectivity index (χ0v) is 11.1. The molecule has 1 heterocycles. The third-order valence-electron chi connectivity index (χ3n) is 2.13. The van der Waals surface area contributed by atoms with E-state index in [1.54, 1.807) is 24.3 Å². The van der Waals surface area contributed by atoms with Gasteiger partial charge in [0.25, 0.3) is 0 Å². The molecule has 1 nitrogen and oxygen atoms in total. The number of thiophene rings is 1. The number of rotatable bonds is 2. The van der Waals surface area contributed by atoms with Gasteiger partial charge in [-0.25, -0.2) is 4.39 Å². The third-order valence-corrected chi connectivity index (χ3v) is 4.66. The fourth-order valence-electron chi connectivity index (χ4n) is 1.35. The molecule has 5 heteroatoms. The predicted octanol–water partition coefficient (Wildman–Crippen LogP) is 4.38. The number of hydrogen-bond acceptors (Lipinski definition) is 2. The van der Waals surface area contributed by atoms with E-state index in [1.165, 1.54) is 17.4 Å². The van der Waals surface area contributed by atoms with Crippen molar-refractivity contribution >= 4 is 38.9 Å². The van der Waals surface area contributed by atoms with E-state index in [4.69, 9.17) is 11.6 Å². The SMILES string of the molecule is OC(c1cc(Cl)c(Br)s1)c1ccccc1F. The van der Waals surface area contributed by atoms with Crippen LogP contribution in [0.2, 0.25) is 5.02 Å². The minimum Gasteiger partial charge on any atom is -0.383 e. The third kappa shape index (κ3) is 2.30. The molecule has 0 fully saturated rings. The number of aliphatic hydroxyl groups excluding tert-OH is 1. The Morgan fingerprint density at radius 1 is 1.38 bits per heavy atom. The van der Waals surface area contributed by atoms with Crippen molar-refractivity contribution < 1.29 is 9.50 Å². The van der Waals surface area contributed by atoms with Gasteiger partial charge in [-0.3, -0.25) is 0 Å². The molecular formula is C11H7BrClFOS. The summed E-state index contributed by atoms with van der Waals surface area (Å²) in [5.41, 5.74) is 0.257. The van der Waals surface area contributed by atoms with E-state index >= 15 is 0 Å². The first-order valence-electron chi connectivity index (χ1n) is 4.47. The Bertz CT molecular complexity index is 495. The summed E-state index contributed by atoms with van der Waals surface area (Å²) in [5.74, 6) is -0.421. The lowest BCUT2D eigenvalue weighted by Gasteiger charge is -2.09. The zero-order chi connectivity index (χ0) is 11.7. The summed E-state index contributed by atoms with van der Waals surface area (Å²) in [7, 11) is 0. The van der Waals surface area contributed by atoms with E-state index in [9.17, 15) is 9.50 Å². The van der Waals surface area contributed by atoms with Gasteiger partial charge in [-0.1, -0.05) is 29.8 Å². The molecule has 1 aromatic heterocycles. The summed E-state index contributed by atoms with van der Waals surface area (Å²) >= 11 is 10.4. The molecule has 2 rings (SSSR count). The average Bonchev–Trinajstić information content (AvgIpc) is 2.59. The van der Waals surface area contributed by atoms with Gasteiger partial charge in [-0.15, -0.1) is 11.3 Å². The summed E-state index contributed by atoms with van der Waals surface area (Å²) in [6, 6.07) is 7.78. The molecule has 16 heavy (non-hydrogen) atoms. The molecule has 0 aliphatic carbocycles. The average molecular weight is 322 g/mol. The summed E-state index contributed by atoms with van der Waals surface area (Å²) in [6.45, 7) is 0.